The van der Waals surface area contributed by atoms with Crippen molar-refractivity contribution in [1.29, 1.82) is 0 Å². The number of rotatable bonds is 6. The highest BCUT2D eigenvalue weighted by atomic mass is 79.9. The van der Waals surface area contributed by atoms with Crippen LogP contribution in [0.1, 0.15) is 24.5 Å². The van der Waals surface area contributed by atoms with Crippen LogP contribution in [0, 0.1) is 13.8 Å². The molecule has 2 aromatic rings. The zero-order valence-corrected chi connectivity index (χ0v) is 17.7. The lowest BCUT2D eigenvalue weighted by Crippen LogP contribution is -2.47. The molecular formula is C19H23BrN2O3S. The van der Waals surface area contributed by atoms with Gasteiger partial charge in [0.15, 0.2) is 0 Å². The number of amides is 1. The van der Waals surface area contributed by atoms with Crippen LogP contribution in [0.2, 0.25) is 0 Å². The lowest BCUT2D eigenvalue weighted by Gasteiger charge is -2.30. The van der Waals surface area contributed by atoms with Gasteiger partial charge in [-0.25, -0.2) is 8.42 Å². The van der Waals surface area contributed by atoms with Gasteiger partial charge in [-0.2, -0.15) is 0 Å². The summed E-state index contributed by atoms with van der Waals surface area (Å²) in [7, 11) is -3.65. The molecule has 0 aliphatic carbocycles. The molecule has 0 heterocycles. The summed E-state index contributed by atoms with van der Waals surface area (Å²) >= 11 is 3.39. The Hall–Kier alpha value is -1.86. The van der Waals surface area contributed by atoms with Gasteiger partial charge in [-0.1, -0.05) is 25.1 Å². The zero-order valence-electron chi connectivity index (χ0n) is 15.3. The van der Waals surface area contributed by atoms with Crippen LogP contribution in [0.5, 0.6) is 0 Å². The number of para-hydroxylation sites is 1. The van der Waals surface area contributed by atoms with Crippen molar-refractivity contribution in [2.45, 2.75) is 33.2 Å². The number of halogens is 1. The van der Waals surface area contributed by atoms with E-state index in [1.165, 1.54) is 4.31 Å². The molecule has 2 aromatic carbocycles. The molecule has 0 unspecified atom stereocenters. The standard InChI is InChI=1S/C19H23BrN2O3S/c1-5-18(19(23)21-17-9-7-6-8-16(17)20)22(26(4,24)25)15-11-10-13(2)14(3)12-15/h6-12,18H,5H2,1-4H3,(H,21,23)/t18-/m0/s1. The summed E-state index contributed by atoms with van der Waals surface area (Å²) in [6, 6.07) is 11.8. The Kier molecular flexibility index (Phi) is 6.47. The highest BCUT2D eigenvalue weighted by Crippen LogP contribution is 2.27. The maximum atomic E-state index is 12.9. The van der Waals surface area contributed by atoms with Gasteiger partial charge >= 0.3 is 0 Å². The van der Waals surface area contributed by atoms with Crippen molar-refractivity contribution >= 4 is 43.2 Å². The summed E-state index contributed by atoms with van der Waals surface area (Å²) in [6.45, 7) is 5.67. The van der Waals surface area contributed by atoms with E-state index in [4.69, 9.17) is 0 Å². The maximum absolute atomic E-state index is 12.9. The van der Waals surface area contributed by atoms with E-state index in [2.05, 4.69) is 21.2 Å². The minimum atomic E-state index is -3.65. The summed E-state index contributed by atoms with van der Waals surface area (Å²) in [4.78, 5) is 12.9. The van der Waals surface area contributed by atoms with E-state index in [0.717, 1.165) is 21.9 Å². The van der Waals surface area contributed by atoms with Crippen molar-refractivity contribution in [1.82, 2.24) is 0 Å². The molecule has 0 fully saturated rings. The third-order valence-corrected chi connectivity index (χ3v) is 6.08. The molecule has 5 nitrogen and oxygen atoms in total. The summed E-state index contributed by atoms with van der Waals surface area (Å²) in [5, 5.41) is 2.82. The number of hydrogen-bond acceptors (Lipinski definition) is 3. The predicted octanol–water partition coefficient (Wildman–Crippen LogP) is 4.25. The highest BCUT2D eigenvalue weighted by molar-refractivity contribution is 9.10. The quantitative estimate of drug-likeness (QED) is 0.732. The van der Waals surface area contributed by atoms with Gasteiger partial charge in [-0.15, -0.1) is 0 Å². The number of carbonyl (C=O) groups is 1. The van der Waals surface area contributed by atoms with Gasteiger partial charge in [0.1, 0.15) is 6.04 Å². The molecule has 1 N–H and O–H groups in total. The van der Waals surface area contributed by atoms with Crippen LogP contribution in [-0.2, 0) is 14.8 Å². The van der Waals surface area contributed by atoms with Crippen LogP contribution in [0.4, 0.5) is 11.4 Å². The first-order valence-electron chi connectivity index (χ1n) is 8.27. The summed E-state index contributed by atoms with van der Waals surface area (Å²) < 4.78 is 26.9. The first-order valence-corrected chi connectivity index (χ1v) is 10.9. The molecule has 0 bridgehead atoms. The average Bonchev–Trinajstić information content (AvgIpc) is 2.56. The number of carbonyl (C=O) groups excluding carboxylic acids is 1. The summed E-state index contributed by atoms with van der Waals surface area (Å²) in [6.07, 6.45) is 1.47. The molecule has 0 saturated heterocycles. The minimum absolute atomic E-state index is 0.344. The van der Waals surface area contributed by atoms with E-state index in [9.17, 15) is 13.2 Å². The lowest BCUT2D eigenvalue weighted by molar-refractivity contribution is -0.117. The van der Waals surface area contributed by atoms with E-state index in [1.54, 1.807) is 31.2 Å². The van der Waals surface area contributed by atoms with E-state index in [1.807, 2.05) is 32.0 Å². The fraction of sp³-hybridized carbons (Fsp3) is 0.316. The molecule has 0 radical (unpaired) electrons. The van der Waals surface area contributed by atoms with E-state index < -0.39 is 16.1 Å². The third-order valence-electron chi connectivity index (χ3n) is 4.21. The SMILES string of the molecule is CC[C@@H](C(=O)Nc1ccccc1Br)N(c1ccc(C)c(C)c1)S(C)(=O)=O. The largest absolute Gasteiger partial charge is 0.323 e. The molecule has 0 spiro atoms. The van der Waals surface area contributed by atoms with Crippen LogP contribution in [0.25, 0.3) is 0 Å². The molecule has 1 atom stereocenters. The lowest BCUT2D eigenvalue weighted by atomic mass is 10.1. The van der Waals surface area contributed by atoms with Crippen LogP contribution >= 0.6 is 15.9 Å². The maximum Gasteiger partial charge on any atom is 0.248 e. The number of nitrogens with zero attached hydrogens (tertiary/aromatic N) is 1. The van der Waals surface area contributed by atoms with Crippen molar-refractivity contribution < 1.29 is 13.2 Å². The molecule has 0 aromatic heterocycles. The molecule has 0 saturated carbocycles. The topological polar surface area (TPSA) is 66.5 Å². The number of sulfonamides is 1. The number of nitrogens with one attached hydrogen (secondary N) is 1. The second kappa shape index (κ2) is 8.22. The second-order valence-corrected chi connectivity index (χ2v) is 8.93. The first-order chi connectivity index (χ1) is 12.1. The van der Waals surface area contributed by atoms with E-state index in [-0.39, 0.29) is 5.91 Å². The Morgan fingerprint density at radius 2 is 1.81 bits per heavy atom. The van der Waals surface area contributed by atoms with Crippen molar-refractivity contribution in [3.05, 3.63) is 58.1 Å². The Morgan fingerprint density at radius 1 is 1.15 bits per heavy atom. The van der Waals surface area contributed by atoms with Gasteiger partial charge in [-0.3, -0.25) is 9.10 Å². The number of anilines is 2. The van der Waals surface area contributed by atoms with Crippen molar-refractivity contribution in [3.8, 4) is 0 Å². The third kappa shape index (κ3) is 4.65. The molecule has 1 amide bonds. The summed E-state index contributed by atoms with van der Waals surface area (Å²) in [5.74, 6) is -0.372. The smallest absolute Gasteiger partial charge is 0.248 e. The molecule has 140 valence electrons. The Morgan fingerprint density at radius 3 is 2.35 bits per heavy atom. The Balaban J connectivity index is 2.43. The second-order valence-electron chi connectivity index (χ2n) is 6.22. The fourth-order valence-electron chi connectivity index (χ4n) is 2.70. The van der Waals surface area contributed by atoms with Gasteiger partial charge in [0.05, 0.1) is 17.6 Å². The van der Waals surface area contributed by atoms with Crippen molar-refractivity contribution in [2.24, 2.45) is 0 Å². The van der Waals surface area contributed by atoms with Crippen molar-refractivity contribution in [3.63, 3.8) is 0 Å². The summed E-state index contributed by atoms with van der Waals surface area (Å²) in [5.41, 5.74) is 3.12. The molecule has 2 rings (SSSR count). The van der Waals surface area contributed by atoms with Gasteiger partial charge in [-0.05, 0) is 71.6 Å². The first kappa shape index (κ1) is 20.5. The zero-order chi connectivity index (χ0) is 19.5. The minimum Gasteiger partial charge on any atom is -0.323 e. The van der Waals surface area contributed by atoms with Crippen LogP contribution in [0.15, 0.2) is 46.9 Å². The average molecular weight is 439 g/mol. The Labute approximate surface area is 163 Å². The molecule has 0 aliphatic heterocycles. The van der Waals surface area contributed by atoms with E-state index in [0.29, 0.717) is 17.8 Å². The van der Waals surface area contributed by atoms with Crippen LogP contribution < -0.4 is 9.62 Å². The molecule has 0 aliphatic rings. The van der Waals surface area contributed by atoms with Crippen LogP contribution in [-0.4, -0.2) is 26.6 Å². The van der Waals surface area contributed by atoms with Gasteiger partial charge in [0.2, 0.25) is 15.9 Å². The normalized spacial score (nSPS) is 12.5. The monoisotopic (exact) mass is 438 g/mol. The van der Waals surface area contributed by atoms with Crippen LogP contribution in [0.3, 0.4) is 0 Å². The van der Waals surface area contributed by atoms with Crippen molar-refractivity contribution in [2.75, 3.05) is 15.9 Å². The molecule has 26 heavy (non-hydrogen) atoms. The number of hydrogen-bond donors (Lipinski definition) is 1. The van der Waals surface area contributed by atoms with Gasteiger partial charge < -0.3 is 5.32 Å². The molecular weight excluding hydrogens is 416 g/mol. The number of benzene rings is 2. The fourth-order valence-corrected chi connectivity index (χ4v) is 4.29. The van der Waals surface area contributed by atoms with E-state index >= 15 is 0 Å². The predicted molar refractivity (Wildman–Crippen MR) is 110 cm³/mol. The number of aryl methyl sites for hydroxylation is 2. The highest BCUT2D eigenvalue weighted by Gasteiger charge is 2.31. The Bertz CT molecular complexity index is 913. The van der Waals surface area contributed by atoms with Gasteiger partial charge in [0, 0.05) is 4.47 Å². The molecule has 7 heteroatoms. The van der Waals surface area contributed by atoms with Gasteiger partial charge in [0.25, 0.3) is 0 Å².